The highest BCUT2D eigenvalue weighted by molar-refractivity contribution is 5.94. The predicted octanol–water partition coefficient (Wildman–Crippen LogP) is -0.488. The number of amides is 1. The van der Waals surface area contributed by atoms with Crippen LogP contribution in [-0.4, -0.2) is 42.3 Å². The molecule has 0 bridgehead atoms. The quantitative estimate of drug-likeness (QED) is 0.368. The summed E-state index contributed by atoms with van der Waals surface area (Å²) in [5.74, 6) is -1.38. The van der Waals surface area contributed by atoms with Gasteiger partial charge in [-0.3, -0.25) is 4.79 Å². The number of hydrogen-bond donors (Lipinski definition) is 1. The van der Waals surface area contributed by atoms with E-state index in [1.807, 2.05) is 0 Å². The molecule has 1 amide bonds. The van der Waals surface area contributed by atoms with Crippen LogP contribution in [0.25, 0.3) is 0 Å². The smallest absolute Gasteiger partial charge is 0.356 e. The van der Waals surface area contributed by atoms with Crippen LogP contribution in [0.15, 0.2) is 12.2 Å². The van der Waals surface area contributed by atoms with Crippen LogP contribution >= 0.6 is 0 Å². The minimum atomic E-state index is -1.57. The Balaban J connectivity index is 4.42. The summed E-state index contributed by atoms with van der Waals surface area (Å²) in [4.78, 5) is 22.8. The zero-order valence-electron chi connectivity index (χ0n) is 7.90. The number of hydrogen-bond acceptors (Lipinski definition) is 4. The van der Waals surface area contributed by atoms with E-state index in [2.05, 4.69) is 11.3 Å². The predicted molar refractivity (Wildman–Crippen MR) is 45.6 cm³/mol. The fourth-order valence-corrected chi connectivity index (χ4v) is 0.676. The monoisotopic (exact) mass is 187 g/mol. The van der Waals surface area contributed by atoms with E-state index in [0.717, 1.165) is 12.0 Å². The molecule has 0 aromatic rings. The Hall–Kier alpha value is -1.36. The normalized spacial score (nSPS) is 11.7. The van der Waals surface area contributed by atoms with Crippen LogP contribution in [0.1, 0.15) is 6.92 Å². The molecule has 0 aromatic heterocycles. The average molecular weight is 187 g/mol. The van der Waals surface area contributed by atoms with Gasteiger partial charge in [0, 0.05) is 12.6 Å². The Morgan fingerprint density at radius 2 is 2.00 bits per heavy atom. The minimum Gasteiger partial charge on any atom is -0.466 e. The molecule has 0 spiro atoms. The number of aliphatic hydroxyl groups excluding tert-OH is 1. The lowest BCUT2D eigenvalue weighted by atomic mass is 10.3. The second-order valence-electron chi connectivity index (χ2n) is 2.59. The maximum atomic E-state index is 11.2. The van der Waals surface area contributed by atoms with Crippen molar-refractivity contribution in [3.63, 3.8) is 0 Å². The Labute approximate surface area is 76.6 Å². The van der Waals surface area contributed by atoms with E-state index in [0.29, 0.717) is 0 Å². The molecule has 0 aromatic carbocycles. The molecule has 5 heteroatoms. The summed E-state index contributed by atoms with van der Waals surface area (Å²) in [6.45, 7) is 4.88. The van der Waals surface area contributed by atoms with Gasteiger partial charge < -0.3 is 14.7 Å². The number of carbonyl (C=O) groups excluding carboxylic acids is 2. The van der Waals surface area contributed by atoms with Crippen molar-refractivity contribution in [2.75, 3.05) is 14.2 Å². The van der Waals surface area contributed by atoms with E-state index in [9.17, 15) is 14.7 Å². The standard InChI is InChI=1S/C8H13NO4/c1-5(2)6(10)9(3)7(11)8(12)13-4/h7,11H,1H2,2-4H3. The van der Waals surface area contributed by atoms with Crippen LogP contribution < -0.4 is 0 Å². The average Bonchev–Trinajstić information content (AvgIpc) is 2.12. The largest absolute Gasteiger partial charge is 0.466 e. The van der Waals surface area contributed by atoms with Crippen molar-refractivity contribution < 1.29 is 19.4 Å². The zero-order chi connectivity index (χ0) is 10.6. The van der Waals surface area contributed by atoms with Crippen molar-refractivity contribution in [1.29, 1.82) is 0 Å². The molecule has 0 radical (unpaired) electrons. The van der Waals surface area contributed by atoms with E-state index in [4.69, 9.17) is 0 Å². The Bertz CT molecular complexity index is 236. The molecule has 0 saturated carbocycles. The summed E-state index contributed by atoms with van der Waals surface area (Å²) in [5.41, 5.74) is 0.241. The first kappa shape index (κ1) is 11.6. The van der Waals surface area contributed by atoms with E-state index >= 15 is 0 Å². The SMILES string of the molecule is C=C(C)C(=O)N(C)C(O)C(=O)OC. The molecule has 1 N–H and O–H groups in total. The highest BCUT2D eigenvalue weighted by atomic mass is 16.5. The van der Waals surface area contributed by atoms with Crippen LogP contribution in [0, 0.1) is 0 Å². The number of carbonyl (C=O) groups is 2. The van der Waals surface area contributed by atoms with Crippen LogP contribution in [-0.2, 0) is 14.3 Å². The van der Waals surface area contributed by atoms with Crippen LogP contribution in [0.3, 0.4) is 0 Å². The summed E-state index contributed by atoms with van der Waals surface area (Å²) >= 11 is 0. The molecule has 0 aliphatic carbocycles. The molecule has 5 nitrogen and oxygen atoms in total. The minimum absolute atomic E-state index is 0.241. The molecule has 0 aliphatic heterocycles. The van der Waals surface area contributed by atoms with E-state index in [1.54, 1.807) is 0 Å². The van der Waals surface area contributed by atoms with Gasteiger partial charge in [-0.25, -0.2) is 4.79 Å². The van der Waals surface area contributed by atoms with Crippen LogP contribution in [0.4, 0.5) is 0 Å². The number of esters is 1. The Morgan fingerprint density at radius 1 is 1.54 bits per heavy atom. The summed E-state index contributed by atoms with van der Waals surface area (Å²) in [5, 5.41) is 9.19. The van der Waals surface area contributed by atoms with Crippen molar-refractivity contribution in [1.82, 2.24) is 4.90 Å². The molecule has 1 unspecified atom stereocenters. The first-order valence-corrected chi connectivity index (χ1v) is 3.60. The number of nitrogens with zero attached hydrogens (tertiary/aromatic N) is 1. The van der Waals surface area contributed by atoms with Gasteiger partial charge in [-0.05, 0) is 6.92 Å². The molecule has 1 atom stereocenters. The van der Waals surface area contributed by atoms with Gasteiger partial charge in [-0.15, -0.1) is 0 Å². The van der Waals surface area contributed by atoms with Crippen LogP contribution in [0.5, 0.6) is 0 Å². The zero-order valence-corrected chi connectivity index (χ0v) is 7.90. The number of likely N-dealkylation sites (N-methyl/N-ethyl adjacent to an activating group) is 1. The summed E-state index contributed by atoms with van der Waals surface area (Å²) in [6, 6.07) is 0. The second kappa shape index (κ2) is 4.61. The molecule has 0 heterocycles. The third kappa shape index (κ3) is 2.87. The van der Waals surface area contributed by atoms with Gasteiger partial charge in [0.2, 0.25) is 6.23 Å². The van der Waals surface area contributed by atoms with Crippen molar-refractivity contribution >= 4 is 11.9 Å². The van der Waals surface area contributed by atoms with Gasteiger partial charge in [0.25, 0.3) is 5.91 Å². The molecule has 0 rings (SSSR count). The lowest BCUT2D eigenvalue weighted by Gasteiger charge is -2.21. The highest BCUT2D eigenvalue weighted by Gasteiger charge is 2.24. The van der Waals surface area contributed by atoms with Gasteiger partial charge in [0.05, 0.1) is 7.11 Å². The maximum absolute atomic E-state index is 11.2. The second-order valence-corrected chi connectivity index (χ2v) is 2.59. The first-order valence-electron chi connectivity index (χ1n) is 3.60. The molecule has 74 valence electrons. The molecule has 0 fully saturated rings. The first-order chi connectivity index (χ1) is 5.91. The van der Waals surface area contributed by atoms with E-state index in [-0.39, 0.29) is 5.57 Å². The number of methoxy groups -OCH3 is 1. The lowest BCUT2D eigenvalue weighted by Crippen LogP contribution is -2.43. The molecule has 0 aliphatic rings. The Morgan fingerprint density at radius 3 is 2.31 bits per heavy atom. The fraction of sp³-hybridized carbons (Fsp3) is 0.500. The van der Waals surface area contributed by atoms with Crippen LogP contribution in [0.2, 0.25) is 0 Å². The van der Waals surface area contributed by atoms with Gasteiger partial charge in [-0.1, -0.05) is 6.58 Å². The summed E-state index contributed by atoms with van der Waals surface area (Å²) in [7, 11) is 2.42. The lowest BCUT2D eigenvalue weighted by molar-refractivity contribution is -0.164. The maximum Gasteiger partial charge on any atom is 0.356 e. The summed E-state index contributed by atoms with van der Waals surface area (Å²) in [6.07, 6.45) is -1.57. The van der Waals surface area contributed by atoms with Crippen molar-refractivity contribution in [2.24, 2.45) is 0 Å². The van der Waals surface area contributed by atoms with Gasteiger partial charge in [0.1, 0.15) is 0 Å². The molecule has 0 saturated heterocycles. The van der Waals surface area contributed by atoms with Gasteiger partial charge in [-0.2, -0.15) is 0 Å². The number of rotatable bonds is 3. The molecular weight excluding hydrogens is 174 g/mol. The van der Waals surface area contributed by atoms with Gasteiger partial charge >= 0.3 is 5.97 Å². The third-order valence-electron chi connectivity index (χ3n) is 1.46. The third-order valence-corrected chi connectivity index (χ3v) is 1.46. The van der Waals surface area contributed by atoms with E-state index < -0.39 is 18.1 Å². The highest BCUT2D eigenvalue weighted by Crippen LogP contribution is 2.01. The van der Waals surface area contributed by atoms with Crippen molar-refractivity contribution in [2.45, 2.75) is 13.2 Å². The van der Waals surface area contributed by atoms with Crippen molar-refractivity contribution in [3.8, 4) is 0 Å². The molecular formula is C8H13NO4. The number of ether oxygens (including phenoxy) is 1. The Kier molecular flexibility index (Phi) is 4.13. The topological polar surface area (TPSA) is 66.8 Å². The van der Waals surface area contributed by atoms with E-state index in [1.165, 1.54) is 14.0 Å². The number of aliphatic hydroxyl groups is 1. The fourth-order valence-electron chi connectivity index (χ4n) is 0.676. The summed E-state index contributed by atoms with van der Waals surface area (Å²) < 4.78 is 4.25. The van der Waals surface area contributed by atoms with Gasteiger partial charge in [0.15, 0.2) is 0 Å². The molecule has 13 heavy (non-hydrogen) atoms. The van der Waals surface area contributed by atoms with Crippen molar-refractivity contribution in [3.05, 3.63) is 12.2 Å².